The van der Waals surface area contributed by atoms with Crippen molar-refractivity contribution in [2.24, 2.45) is 0 Å². The molecule has 0 aliphatic carbocycles. The quantitative estimate of drug-likeness (QED) is 0.237. The van der Waals surface area contributed by atoms with Crippen LogP contribution in [-0.2, 0) is 17.5 Å². The monoisotopic (exact) mass is 565 g/mol. The van der Waals surface area contributed by atoms with Crippen LogP contribution in [0.4, 0.5) is 23.4 Å². The van der Waals surface area contributed by atoms with E-state index in [4.69, 9.17) is 10.2 Å². The normalized spacial score (nSPS) is 13.8. The summed E-state index contributed by atoms with van der Waals surface area (Å²) in [6.07, 6.45) is -0.195. The topological polar surface area (TPSA) is 114 Å². The summed E-state index contributed by atoms with van der Waals surface area (Å²) in [6, 6.07) is 13.1. The largest absolute Gasteiger partial charge is 0.439 e. The first-order valence-electron chi connectivity index (χ1n) is 12.4. The Morgan fingerprint density at radius 3 is 2.41 bits per heavy atom. The van der Waals surface area contributed by atoms with E-state index in [2.05, 4.69) is 15.3 Å². The van der Waals surface area contributed by atoms with Gasteiger partial charge in [0.25, 0.3) is 5.91 Å². The van der Waals surface area contributed by atoms with Crippen molar-refractivity contribution in [3.63, 3.8) is 0 Å². The molecule has 2 aromatic heterocycles. The predicted molar refractivity (Wildman–Crippen MR) is 143 cm³/mol. The number of hydrogen-bond acceptors (Lipinski definition) is 6. The molecule has 2 amide bonds. The van der Waals surface area contributed by atoms with Gasteiger partial charge in [-0.25, -0.2) is 14.4 Å². The van der Waals surface area contributed by atoms with Crippen molar-refractivity contribution < 1.29 is 31.6 Å². The first kappa shape index (κ1) is 27.6. The fourth-order valence-corrected chi connectivity index (χ4v) is 4.16. The maximum atomic E-state index is 14.0. The van der Waals surface area contributed by atoms with E-state index in [1.54, 1.807) is 24.3 Å². The minimum absolute atomic E-state index is 0.0331. The highest BCUT2D eigenvalue weighted by atomic mass is 19.4. The van der Waals surface area contributed by atoms with Crippen LogP contribution < -0.4 is 11.1 Å². The minimum Gasteiger partial charge on any atom is -0.439 e. The number of hydrogen-bond donors (Lipinski definition) is 2. The highest BCUT2D eigenvalue weighted by molar-refractivity contribution is 5.95. The number of carbonyl (C=O) groups excluding carboxylic acids is 2. The predicted octanol–water partition coefficient (Wildman–Crippen LogP) is 5.13. The third-order valence-corrected chi connectivity index (χ3v) is 6.37. The van der Waals surface area contributed by atoms with E-state index in [9.17, 15) is 27.2 Å². The van der Waals surface area contributed by atoms with Crippen LogP contribution in [0.15, 0.2) is 77.5 Å². The number of nitrogen functional groups attached to an aromatic ring is 1. The average Bonchev–Trinajstić information content (AvgIpc) is 3.42. The molecule has 5 rings (SSSR count). The number of nitrogens with zero attached hydrogens (tertiary/aromatic N) is 3. The summed E-state index contributed by atoms with van der Waals surface area (Å²) in [7, 11) is 0. The van der Waals surface area contributed by atoms with E-state index in [0.717, 1.165) is 6.07 Å². The van der Waals surface area contributed by atoms with Gasteiger partial charge in [-0.15, -0.1) is 0 Å². The summed E-state index contributed by atoms with van der Waals surface area (Å²) >= 11 is 0. The van der Waals surface area contributed by atoms with E-state index < -0.39 is 23.8 Å². The maximum Gasteiger partial charge on any atom is 0.417 e. The summed E-state index contributed by atoms with van der Waals surface area (Å²) in [6.45, 7) is -0.0270. The van der Waals surface area contributed by atoms with Gasteiger partial charge in [-0.3, -0.25) is 9.59 Å². The molecule has 4 aromatic rings. The second-order valence-corrected chi connectivity index (χ2v) is 9.34. The number of aromatic nitrogens is 2. The van der Waals surface area contributed by atoms with E-state index >= 15 is 0 Å². The molecule has 1 fully saturated rings. The zero-order valence-corrected chi connectivity index (χ0v) is 21.4. The Bertz CT molecular complexity index is 1590. The molecular formula is C29H23F4N5O3. The molecule has 3 heterocycles. The van der Waals surface area contributed by atoms with Crippen molar-refractivity contribution in [2.45, 2.75) is 18.9 Å². The lowest BCUT2D eigenvalue weighted by Crippen LogP contribution is -2.51. The Morgan fingerprint density at radius 2 is 1.76 bits per heavy atom. The standard InChI is InChI=1S/C29H23F4N5O3/c30-21-15-38(16-21)28(40)19-5-3-18(4-6-19)20-7-8-23(24(11-20)29(31,32)33)27-37-14-22(41-27)13-36-26(39)10-2-17-1-9-25(34)35-12-17/h1-12,14,21H,13,15-16H2,(H2,34,35)(H,36,39). The Labute approximate surface area is 231 Å². The molecule has 0 radical (unpaired) electrons. The molecular weight excluding hydrogens is 542 g/mol. The molecule has 2 aromatic carbocycles. The number of nitrogens with one attached hydrogen (secondary N) is 1. The Kier molecular flexibility index (Phi) is 7.56. The molecule has 0 bridgehead atoms. The van der Waals surface area contributed by atoms with E-state index in [1.807, 2.05) is 0 Å². The summed E-state index contributed by atoms with van der Waals surface area (Å²) in [5, 5.41) is 2.58. The van der Waals surface area contributed by atoms with Gasteiger partial charge in [-0.1, -0.05) is 18.2 Å². The van der Waals surface area contributed by atoms with Crippen LogP contribution >= 0.6 is 0 Å². The van der Waals surface area contributed by atoms with Crippen molar-refractivity contribution in [1.82, 2.24) is 20.2 Å². The second-order valence-electron chi connectivity index (χ2n) is 9.34. The zero-order valence-electron chi connectivity index (χ0n) is 21.4. The highest BCUT2D eigenvalue weighted by Gasteiger charge is 2.35. The number of rotatable bonds is 7. The lowest BCUT2D eigenvalue weighted by Gasteiger charge is -2.34. The van der Waals surface area contributed by atoms with Crippen LogP contribution in [0.1, 0.15) is 27.2 Å². The molecule has 0 atom stereocenters. The fourth-order valence-electron chi connectivity index (χ4n) is 4.16. The van der Waals surface area contributed by atoms with Gasteiger partial charge in [-0.05, 0) is 59.2 Å². The number of alkyl halides is 4. The number of amides is 2. The number of carbonyl (C=O) groups is 2. The second kappa shape index (κ2) is 11.2. The fraction of sp³-hybridized carbons (Fsp3) is 0.172. The molecule has 41 heavy (non-hydrogen) atoms. The number of anilines is 1. The number of oxazole rings is 1. The lowest BCUT2D eigenvalue weighted by molar-refractivity contribution is -0.137. The minimum atomic E-state index is -4.72. The molecule has 0 unspecified atom stereocenters. The third kappa shape index (κ3) is 6.43. The van der Waals surface area contributed by atoms with Gasteiger partial charge in [0.2, 0.25) is 11.8 Å². The van der Waals surface area contributed by atoms with Crippen LogP contribution in [0.25, 0.3) is 28.7 Å². The third-order valence-electron chi connectivity index (χ3n) is 6.37. The van der Waals surface area contributed by atoms with Gasteiger partial charge in [0.15, 0.2) is 0 Å². The van der Waals surface area contributed by atoms with Crippen molar-refractivity contribution >= 4 is 23.7 Å². The zero-order chi connectivity index (χ0) is 29.1. The molecule has 0 saturated carbocycles. The molecule has 12 heteroatoms. The van der Waals surface area contributed by atoms with Crippen LogP contribution in [0.2, 0.25) is 0 Å². The molecule has 3 N–H and O–H groups in total. The van der Waals surface area contributed by atoms with Crippen LogP contribution in [-0.4, -0.2) is 45.9 Å². The summed E-state index contributed by atoms with van der Waals surface area (Å²) < 4.78 is 60.7. The van der Waals surface area contributed by atoms with Gasteiger partial charge in [0, 0.05) is 23.4 Å². The van der Waals surface area contributed by atoms with Crippen LogP contribution in [0.5, 0.6) is 0 Å². The number of nitrogens with two attached hydrogens (primary N) is 1. The number of likely N-dealkylation sites (tertiary alicyclic amines) is 1. The number of benzene rings is 2. The molecule has 1 aliphatic heterocycles. The average molecular weight is 566 g/mol. The van der Waals surface area contributed by atoms with Crippen molar-refractivity contribution in [2.75, 3.05) is 18.8 Å². The van der Waals surface area contributed by atoms with Gasteiger partial charge in [0.05, 0.1) is 31.4 Å². The molecule has 1 saturated heterocycles. The van der Waals surface area contributed by atoms with Gasteiger partial charge in [0.1, 0.15) is 17.7 Å². The highest BCUT2D eigenvalue weighted by Crippen LogP contribution is 2.39. The Hall–Kier alpha value is -5.00. The van der Waals surface area contributed by atoms with Crippen LogP contribution in [0.3, 0.4) is 0 Å². The molecule has 0 spiro atoms. The number of pyridine rings is 1. The van der Waals surface area contributed by atoms with Crippen LogP contribution in [0, 0.1) is 0 Å². The van der Waals surface area contributed by atoms with E-state index in [0.29, 0.717) is 22.5 Å². The smallest absolute Gasteiger partial charge is 0.417 e. The van der Waals surface area contributed by atoms with Gasteiger partial charge in [-0.2, -0.15) is 13.2 Å². The van der Waals surface area contributed by atoms with E-state index in [-0.39, 0.29) is 48.3 Å². The molecule has 1 aliphatic rings. The lowest BCUT2D eigenvalue weighted by atomic mass is 9.97. The molecule has 210 valence electrons. The van der Waals surface area contributed by atoms with Crippen molar-refractivity contribution in [3.8, 4) is 22.6 Å². The van der Waals surface area contributed by atoms with Crippen molar-refractivity contribution in [1.29, 1.82) is 0 Å². The first-order valence-corrected chi connectivity index (χ1v) is 12.4. The molecule has 8 nitrogen and oxygen atoms in total. The maximum absolute atomic E-state index is 14.0. The van der Waals surface area contributed by atoms with Crippen molar-refractivity contribution in [3.05, 3.63) is 95.5 Å². The Balaban J connectivity index is 1.29. The summed E-state index contributed by atoms with van der Waals surface area (Å²) in [5.41, 5.74) is 6.02. The number of halogens is 4. The summed E-state index contributed by atoms with van der Waals surface area (Å²) in [5.74, 6) is -0.528. The van der Waals surface area contributed by atoms with E-state index in [1.165, 1.54) is 53.7 Å². The van der Waals surface area contributed by atoms with Gasteiger partial charge >= 0.3 is 6.18 Å². The Morgan fingerprint density at radius 1 is 1.02 bits per heavy atom. The summed E-state index contributed by atoms with van der Waals surface area (Å²) in [4.78, 5) is 33.7. The SMILES string of the molecule is Nc1ccc(C=CC(=O)NCc2cnc(-c3ccc(-c4ccc(C(=O)N5CC(F)C5)cc4)cc3C(F)(F)F)o2)cn1. The first-order chi connectivity index (χ1) is 19.6. The van der Waals surface area contributed by atoms with Gasteiger partial charge < -0.3 is 20.4 Å².